The standard InChI is InChI=1S/C14H15ClFNS/c1-9-3-11(4-10(2)14(9)16)6-17-7-13-5-12(15)8-18-13/h3-5,8,17H,6-7H2,1-2H3. The van der Waals surface area contributed by atoms with Crippen LogP contribution in [-0.4, -0.2) is 0 Å². The van der Waals surface area contributed by atoms with Crippen molar-refractivity contribution in [1.29, 1.82) is 0 Å². The molecule has 0 saturated carbocycles. The summed E-state index contributed by atoms with van der Waals surface area (Å²) in [6.45, 7) is 5.11. The van der Waals surface area contributed by atoms with Gasteiger partial charge < -0.3 is 5.32 Å². The van der Waals surface area contributed by atoms with Crippen molar-refractivity contribution in [3.05, 3.63) is 56.0 Å². The zero-order chi connectivity index (χ0) is 13.1. The highest BCUT2D eigenvalue weighted by molar-refractivity contribution is 7.10. The Balaban J connectivity index is 1.94. The van der Waals surface area contributed by atoms with Gasteiger partial charge >= 0.3 is 0 Å². The number of hydrogen-bond acceptors (Lipinski definition) is 2. The number of hydrogen-bond donors (Lipinski definition) is 1. The largest absolute Gasteiger partial charge is 0.308 e. The molecule has 0 aliphatic rings. The summed E-state index contributed by atoms with van der Waals surface area (Å²) < 4.78 is 13.5. The fourth-order valence-electron chi connectivity index (χ4n) is 1.91. The number of aryl methyl sites for hydroxylation is 2. The molecule has 0 aliphatic carbocycles. The van der Waals surface area contributed by atoms with Crippen LogP contribution in [0.5, 0.6) is 0 Å². The first-order valence-corrected chi connectivity index (χ1v) is 7.01. The number of benzene rings is 1. The highest BCUT2D eigenvalue weighted by atomic mass is 35.5. The first-order chi connectivity index (χ1) is 8.56. The molecule has 0 atom stereocenters. The molecule has 2 aromatic rings. The number of halogens is 2. The molecule has 0 spiro atoms. The van der Waals surface area contributed by atoms with Crippen molar-refractivity contribution in [1.82, 2.24) is 5.32 Å². The molecule has 1 nitrogen and oxygen atoms in total. The fourth-order valence-corrected chi connectivity index (χ4v) is 2.96. The van der Waals surface area contributed by atoms with E-state index in [9.17, 15) is 4.39 Å². The predicted molar refractivity (Wildman–Crippen MR) is 75.7 cm³/mol. The van der Waals surface area contributed by atoms with Gasteiger partial charge in [0.25, 0.3) is 0 Å². The smallest absolute Gasteiger partial charge is 0.129 e. The molecule has 0 aliphatic heterocycles. The normalized spacial score (nSPS) is 10.9. The van der Waals surface area contributed by atoms with Crippen molar-refractivity contribution in [3.8, 4) is 0 Å². The molecular weight excluding hydrogens is 269 g/mol. The molecule has 0 radical (unpaired) electrons. The molecule has 1 N–H and O–H groups in total. The number of thiophene rings is 1. The summed E-state index contributed by atoms with van der Waals surface area (Å²) in [7, 11) is 0. The van der Waals surface area contributed by atoms with Gasteiger partial charge in [-0.3, -0.25) is 0 Å². The lowest BCUT2D eigenvalue weighted by Gasteiger charge is -2.07. The van der Waals surface area contributed by atoms with Crippen molar-refractivity contribution in [2.45, 2.75) is 26.9 Å². The van der Waals surface area contributed by atoms with Gasteiger partial charge in [-0.15, -0.1) is 11.3 Å². The Labute approximate surface area is 116 Å². The molecule has 0 bridgehead atoms. The van der Waals surface area contributed by atoms with E-state index in [-0.39, 0.29) is 5.82 Å². The van der Waals surface area contributed by atoms with E-state index >= 15 is 0 Å². The Bertz CT molecular complexity index is 527. The zero-order valence-electron chi connectivity index (χ0n) is 10.4. The van der Waals surface area contributed by atoms with Gasteiger partial charge in [0.05, 0.1) is 5.02 Å². The SMILES string of the molecule is Cc1cc(CNCc2cc(Cl)cs2)cc(C)c1F. The Kier molecular flexibility index (Phi) is 4.38. The topological polar surface area (TPSA) is 12.0 Å². The number of nitrogens with one attached hydrogen (secondary N) is 1. The van der Waals surface area contributed by atoms with Crippen molar-refractivity contribution < 1.29 is 4.39 Å². The van der Waals surface area contributed by atoms with Gasteiger partial charge in [0.15, 0.2) is 0 Å². The minimum Gasteiger partial charge on any atom is -0.308 e. The predicted octanol–water partition coefficient (Wildman–Crippen LogP) is 4.45. The monoisotopic (exact) mass is 283 g/mol. The van der Waals surface area contributed by atoms with E-state index in [0.29, 0.717) is 11.1 Å². The van der Waals surface area contributed by atoms with Crippen LogP contribution in [0.4, 0.5) is 4.39 Å². The maximum absolute atomic E-state index is 13.5. The maximum Gasteiger partial charge on any atom is 0.129 e. The molecule has 96 valence electrons. The van der Waals surface area contributed by atoms with Gasteiger partial charge in [-0.05, 0) is 36.6 Å². The van der Waals surface area contributed by atoms with E-state index in [0.717, 1.165) is 23.7 Å². The van der Waals surface area contributed by atoms with E-state index in [1.54, 1.807) is 25.2 Å². The molecule has 0 unspecified atom stereocenters. The molecule has 0 amide bonds. The Morgan fingerprint density at radius 3 is 2.39 bits per heavy atom. The highest BCUT2D eigenvalue weighted by Crippen LogP contribution is 2.19. The summed E-state index contributed by atoms with van der Waals surface area (Å²) in [6.07, 6.45) is 0. The molecule has 1 aromatic heterocycles. The van der Waals surface area contributed by atoms with E-state index in [1.165, 1.54) is 4.88 Å². The summed E-state index contributed by atoms with van der Waals surface area (Å²) in [5.41, 5.74) is 2.51. The lowest BCUT2D eigenvalue weighted by molar-refractivity contribution is 0.606. The summed E-state index contributed by atoms with van der Waals surface area (Å²) in [5.74, 6) is -0.108. The van der Waals surface area contributed by atoms with Crippen LogP contribution in [-0.2, 0) is 13.1 Å². The highest BCUT2D eigenvalue weighted by Gasteiger charge is 2.04. The first kappa shape index (κ1) is 13.5. The van der Waals surface area contributed by atoms with Crippen LogP contribution in [0.2, 0.25) is 5.02 Å². The molecule has 1 heterocycles. The van der Waals surface area contributed by atoms with Gasteiger partial charge in [-0.25, -0.2) is 4.39 Å². The van der Waals surface area contributed by atoms with Crippen LogP contribution in [0.3, 0.4) is 0 Å². The summed E-state index contributed by atoms with van der Waals surface area (Å²) >= 11 is 7.50. The van der Waals surface area contributed by atoms with Crippen molar-refractivity contribution in [2.24, 2.45) is 0 Å². The Morgan fingerprint density at radius 2 is 1.83 bits per heavy atom. The second kappa shape index (κ2) is 5.83. The van der Waals surface area contributed by atoms with E-state index in [2.05, 4.69) is 5.32 Å². The third-order valence-electron chi connectivity index (χ3n) is 2.75. The average Bonchev–Trinajstić information content (AvgIpc) is 2.72. The third kappa shape index (κ3) is 3.31. The Hall–Kier alpha value is -0.900. The van der Waals surface area contributed by atoms with Gasteiger partial charge in [-0.2, -0.15) is 0 Å². The molecule has 1 aromatic carbocycles. The second-order valence-corrected chi connectivity index (χ2v) is 5.81. The number of rotatable bonds is 4. The average molecular weight is 284 g/mol. The molecule has 0 saturated heterocycles. The lowest BCUT2D eigenvalue weighted by atomic mass is 10.1. The molecule has 4 heteroatoms. The van der Waals surface area contributed by atoms with E-state index in [1.807, 2.05) is 23.6 Å². The zero-order valence-corrected chi connectivity index (χ0v) is 12.0. The summed E-state index contributed by atoms with van der Waals surface area (Å²) in [6, 6.07) is 5.73. The lowest BCUT2D eigenvalue weighted by Crippen LogP contribution is -2.12. The molecule has 18 heavy (non-hydrogen) atoms. The fraction of sp³-hybridized carbons (Fsp3) is 0.286. The third-order valence-corrected chi connectivity index (χ3v) is 4.03. The molecule has 0 fully saturated rings. The van der Waals surface area contributed by atoms with E-state index < -0.39 is 0 Å². The van der Waals surface area contributed by atoms with Crippen molar-refractivity contribution in [2.75, 3.05) is 0 Å². The molecule has 2 rings (SSSR count). The maximum atomic E-state index is 13.5. The van der Waals surface area contributed by atoms with E-state index in [4.69, 9.17) is 11.6 Å². The van der Waals surface area contributed by atoms with Crippen LogP contribution >= 0.6 is 22.9 Å². The minimum absolute atomic E-state index is 0.108. The quantitative estimate of drug-likeness (QED) is 0.874. The van der Waals surface area contributed by atoms with Gasteiger partial charge in [0, 0.05) is 23.3 Å². The van der Waals surface area contributed by atoms with Crippen LogP contribution in [0.15, 0.2) is 23.6 Å². The molecular formula is C14H15ClFNS. The van der Waals surface area contributed by atoms with Crippen LogP contribution in [0.1, 0.15) is 21.6 Å². The van der Waals surface area contributed by atoms with Crippen LogP contribution in [0.25, 0.3) is 0 Å². The second-order valence-electron chi connectivity index (χ2n) is 4.38. The first-order valence-electron chi connectivity index (χ1n) is 5.75. The summed E-state index contributed by atoms with van der Waals surface area (Å²) in [4.78, 5) is 1.20. The van der Waals surface area contributed by atoms with Crippen molar-refractivity contribution >= 4 is 22.9 Å². The van der Waals surface area contributed by atoms with Crippen LogP contribution in [0, 0.1) is 19.7 Å². The van der Waals surface area contributed by atoms with Gasteiger partial charge in [0.2, 0.25) is 0 Å². The van der Waals surface area contributed by atoms with Crippen LogP contribution < -0.4 is 5.32 Å². The Morgan fingerprint density at radius 1 is 1.17 bits per heavy atom. The van der Waals surface area contributed by atoms with Crippen molar-refractivity contribution in [3.63, 3.8) is 0 Å². The van der Waals surface area contributed by atoms with Gasteiger partial charge in [0.1, 0.15) is 5.82 Å². The minimum atomic E-state index is -0.108. The van der Waals surface area contributed by atoms with Gasteiger partial charge in [-0.1, -0.05) is 23.7 Å². The summed E-state index contributed by atoms with van der Waals surface area (Å²) in [5, 5.41) is 6.04.